The van der Waals surface area contributed by atoms with E-state index >= 15 is 0 Å². The van der Waals surface area contributed by atoms with Crippen molar-refractivity contribution in [1.82, 2.24) is 0 Å². The highest BCUT2D eigenvalue weighted by Gasteiger charge is 2.29. The van der Waals surface area contributed by atoms with E-state index in [9.17, 15) is 0 Å². The maximum Gasteiger partial charge on any atom is 0.0908 e. The van der Waals surface area contributed by atoms with Crippen LogP contribution in [0.25, 0.3) is 0 Å². The van der Waals surface area contributed by atoms with Gasteiger partial charge in [-0.1, -0.05) is 55.8 Å². The van der Waals surface area contributed by atoms with Crippen LogP contribution in [0.15, 0.2) is 48.6 Å². The van der Waals surface area contributed by atoms with Crippen molar-refractivity contribution in [2.45, 2.75) is 89.9 Å². The van der Waals surface area contributed by atoms with Crippen LogP contribution in [0, 0.1) is 29.1 Å². The lowest BCUT2D eigenvalue weighted by molar-refractivity contribution is 0.260. The molecular weight excluding hydrogens is 350 g/mol. The molecule has 2 aliphatic carbocycles. The van der Waals surface area contributed by atoms with Crippen LogP contribution < -0.4 is 0 Å². The van der Waals surface area contributed by atoms with Gasteiger partial charge in [-0.25, -0.2) is 0 Å². The Bertz CT molecular complexity index is 689. The van der Waals surface area contributed by atoms with Gasteiger partial charge < -0.3 is 0 Å². The molecule has 0 aliphatic heterocycles. The highest BCUT2D eigenvalue weighted by molar-refractivity contribution is 5.26. The molecule has 29 heavy (non-hydrogen) atoms. The van der Waals surface area contributed by atoms with Crippen LogP contribution in [0.5, 0.6) is 0 Å². The highest BCUT2D eigenvalue weighted by Crippen LogP contribution is 2.44. The zero-order chi connectivity index (χ0) is 20.5. The molecule has 1 aromatic carbocycles. The summed E-state index contributed by atoms with van der Waals surface area (Å²) in [6, 6.07) is 11.6. The fourth-order valence-corrected chi connectivity index (χ4v) is 5.67. The van der Waals surface area contributed by atoms with Crippen molar-refractivity contribution in [3.63, 3.8) is 0 Å². The third-order valence-electron chi connectivity index (χ3n) is 7.55. The summed E-state index contributed by atoms with van der Waals surface area (Å²) < 4.78 is 0. The minimum absolute atomic E-state index is 0.755. The smallest absolute Gasteiger partial charge is 0.0908 e. The van der Waals surface area contributed by atoms with E-state index in [2.05, 4.69) is 43.8 Å². The molecule has 0 N–H and O–H groups in total. The SMILES string of the molecule is C=C(C1CCC(CC/C=C/C#N)CC1)C1CCC(c2ccc(CCC)cc2)CC1. The largest absolute Gasteiger partial charge is 0.193 e. The Morgan fingerprint density at radius 3 is 2.21 bits per heavy atom. The lowest BCUT2D eigenvalue weighted by atomic mass is 9.69. The Morgan fingerprint density at radius 2 is 1.62 bits per heavy atom. The second-order valence-corrected chi connectivity index (χ2v) is 9.44. The Morgan fingerprint density at radius 1 is 1.00 bits per heavy atom. The first-order valence-corrected chi connectivity index (χ1v) is 12.0. The fraction of sp³-hybridized carbons (Fsp3) is 0.607. The van der Waals surface area contributed by atoms with Gasteiger partial charge in [-0.15, -0.1) is 0 Å². The number of nitrogens with zero attached hydrogens (tertiary/aromatic N) is 1. The lowest BCUT2D eigenvalue weighted by Crippen LogP contribution is -2.22. The van der Waals surface area contributed by atoms with Crippen molar-refractivity contribution >= 4 is 0 Å². The first kappa shape index (κ1) is 21.9. The summed E-state index contributed by atoms with van der Waals surface area (Å²) in [7, 11) is 0. The normalized spacial score (nSPS) is 27.6. The highest BCUT2D eigenvalue weighted by atomic mass is 14.3. The summed E-state index contributed by atoms with van der Waals surface area (Å²) in [5, 5.41) is 8.59. The summed E-state index contributed by atoms with van der Waals surface area (Å²) in [6.45, 7) is 6.85. The van der Waals surface area contributed by atoms with Crippen LogP contribution in [0.1, 0.15) is 94.6 Å². The molecule has 0 amide bonds. The number of hydrogen-bond acceptors (Lipinski definition) is 1. The second-order valence-electron chi connectivity index (χ2n) is 9.44. The first-order chi connectivity index (χ1) is 14.2. The van der Waals surface area contributed by atoms with E-state index < -0.39 is 0 Å². The fourth-order valence-electron chi connectivity index (χ4n) is 5.67. The number of allylic oxidation sites excluding steroid dienone is 3. The molecule has 0 saturated heterocycles. The molecule has 1 heteroatoms. The number of hydrogen-bond donors (Lipinski definition) is 0. The molecular formula is C28H39N. The molecule has 0 spiro atoms. The van der Waals surface area contributed by atoms with Crippen molar-refractivity contribution in [3.05, 3.63) is 59.7 Å². The van der Waals surface area contributed by atoms with E-state index in [4.69, 9.17) is 5.26 Å². The predicted octanol–water partition coefficient (Wildman–Crippen LogP) is 8.14. The van der Waals surface area contributed by atoms with Gasteiger partial charge in [-0.3, -0.25) is 0 Å². The molecule has 3 rings (SSSR count). The average Bonchev–Trinajstić information content (AvgIpc) is 2.78. The third-order valence-corrected chi connectivity index (χ3v) is 7.55. The van der Waals surface area contributed by atoms with E-state index in [0.717, 1.165) is 30.1 Å². The van der Waals surface area contributed by atoms with Crippen LogP contribution >= 0.6 is 0 Å². The standard InChI is InChI=1S/C28H39N/c1-3-7-23-11-15-27(16-12-23)28-19-17-26(18-20-28)22(2)25-13-9-24(10-14-25)8-5-4-6-21-29/h4,6,11-12,15-16,24-26,28H,2-3,5,7-10,13-14,17-20H2,1H3/b6-4+. The molecule has 0 unspecified atom stereocenters. The van der Waals surface area contributed by atoms with E-state index in [0.29, 0.717) is 0 Å². The van der Waals surface area contributed by atoms with E-state index in [-0.39, 0.29) is 0 Å². The summed E-state index contributed by atoms with van der Waals surface area (Å²) in [6.07, 6.45) is 19.1. The minimum atomic E-state index is 0.755. The van der Waals surface area contributed by atoms with E-state index in [1.165, 1.54) is 76.2 Å². The van der Waals surface area contributed by atoms with E-state index in [1.807, 2.05) is 6.08 Å². The van der Waals surface area contributed by atoms with Gasteiger partial charge in [-0.2, -0.15) is 5.26 Å². The minimum Gasteiger partial charge on any atom is -0.193 e. The number of rotatable bonds is 8. The summed E-state index contributed by atoms with van der Waals surface area (Å²) in [4.78, 5) is 0. The molecule has 0 heterocycles. The molecule has 2 aliphatic rings. The average molecular weight is 390 g/mol. The summed E-state index contributed by atoms with van der Waals surface area (Å²) in [5.41, 5.74) is 4.61. The molecule has 0 radical (unpaired) electrons. The quantitative estimate of drug-likeness (QED) is 0.325. The Kier molecular flexibility index (Phi) is 8.60. The maximum atomic E-state index is 8.59. The second kappa shape index (κ2) is 11.4. The number of benzene rings is 1. The van der Waals surface area contributed by atoms with Gasteiger partial charge in [0.2, 0.25) is 0 Å². The van der Waals surface area contributed by atoms with Gasteiger partial charge in [0.1, 0.15) is 0 Å². The van der Waals surface area contributed by atoms with Crippen LogP contribution in [-0.2, 0) is 6.42 Å². The Hall–Kier alpha value is -1.81. The first-order valence-electron chi connectivity index (χ1n) is 12.0. The van der Waals surface area contributed by atoms with Gasteiger partial charge in [0.05, 0.1) is 6.07 Å². The van der Waals surface area contributed by atoms with Crippen LogP contribution in [0.2, 0.25) is 0 Å². The lowest BCUT2D eigenvalue weighted by Gasteiger charge is -2.36. The Balaban J connectivity index is 1.41. The zero-order valence-electron chi connectivity index (χ0n) is 18.4. The van der Waals surface area contributed by atoms with Gasteiger partial charge in [0, 0.05) is 6.08 Å². The third kappa shape index (κ3) is 6.33. The van der Waals surface area contributed by atoms with Gasteiger partial charge in [-0.05, 0) is 105 Å². The maximum absolute atomic E-state index is 8.59. The number of nitriles is 1. The zero-order valence-corrected chi connectivity index (χ0v) is 18.4. The van der Waals surface area contributed by atoms with Crippen LogP contribution in [0.3, 0.4) is 0 Å². The molecule has 156 valence electrons. The summed E-state index contributed by atoms with van der Waals surface area (Å²) in [5.74, 6) is 3.13. The van der Waals surface area contributed by atoms with Crippen molar-refractivity contribution in [3.8, 4) is 6.07 Å². The van der Waals surface area contributed by atoms with Crippen molar-refractivity contribution < 1.29 is 0 Å². The molecule has 1 aromatic rings. The van der Waals surface area contributed by atoms with E-state index in [1.54, 1.807) is 17.2 Å². The van der Waals surface area contributed by atoms with Gasteiger partial charge in [0.25, 0.3) is 0 Å². The molecule has 1 nitrogen and oxygen atoms in total. The molecule has 0 aromatic heterocycles. The van der Waals surface area contributed by atoms with Gasteiger partial charge >= 0.3 is 0 Å². The molecule has 2 fully saturated rings. The van der Waals surface area contributed by atoms with Crippen molar-refractivity contribution in [2.75, 3.05) is 0 Å². The molecule has 0 atom stereocenters. The van der Waals surface area contributed by atoms with Crippen LogP contribution in [-0.4, -0.2) is 0 Å². The van der Waals surface area contributed by atoms with Crippen molar-refractivity contribution in [1.29, 1.82) is 5.26 Å². The number of aryl methyl sites for hydroxylation is 1. The van der Waals surface area contributed by atoms with Gasteiger partial charge in [0.15, 0.2) is 0 Å². The monoisotopic (exact) mass is 389 g/mol. The Labute approximate surface area is 178 Å². The molecule has 0 bridgehead atoms. The summed E-state index contributed by atoms with van der Waals surface area (Å²) >= 11 is 0. The van der Waals surface area contributed by atoms with Crippen LogP contribution in [0.4, 0.5) is 0 Å². The predicted molar refractivity (Wildman–Crippen MR) is 124 cm³/mol. The van der Waals surface area contributed by atoms with Crippen molar-refractivity contribution in [2.24, 2.45) is 17.8 Å². The molecule has 2 saturated carbocycles. The topological polar surface area (TPSA) is 23.8 Å².